The van der Waals surface area contributed by atoms with Gasteiger partial charge in [0, 0.05) is 31.1 Å². The Morgan fingerprint density at radius 2 is 1.76 bits per heavy atom. The van der Waals surface area contributed by atoms with Crippen molar-refractivity contribution in [2.24, 2.45) is 0 Å². The van der Waals surface area contributed by atoms with E-state index >= 15 is 0 Å². The van der Waals surface area contributed by atoms with Crippen LogP contribution in [0, 0.1) is 5.82 Å². The number of aryl methyl sites for hydroxylation is 1. The highest BCUT2D eigenvalue weighted by atomic mass is 19.1. The van der Waals surface area contributed by atoms with E-state index in [0.29, 0.717) is 13.0 Å². The molecule has 1 amide bonds. The van der Waals surface area contributed by atoms with Gasteiger partial charge in [0.05, 0.1) is 13.2 Å². The van der Waals surface area contributed by atoms with Crippen molar-refractivity contribution >= 4 is 5.91 Å². The summed E-state index contributed by atoms with van der Waals surface area (Å²) in [5.41, 5.74) is 3.33. The van der Waals surface area contributed by atoms with Gasteiger partial charge in [-0.15, -0.1) is 0 Å². The molecular formula is C29H33FN2O2. The average Bonchev–Trinajstić information content (AvgIpc) is 2.89. The standard InChI is InChI=1S/C29H33FN2O2/c1-34-27-14-6-5-12-24(27)21-31-26-13-8-20-32(29(26)23-10-3-2-4-11-23)28(33)15-7-9-22-16-18-25(30)19-17-22/h2-6,10-12,14,16-19,26,29,31H,7-9,13,15,20-21H2,1H3/t26-,29-/m0/s1. The van der Waals surface area contributed by atoms with E-state index < -0.39 is 0 Å². The summed E-state index contributed by atoms with van der Waals surface area (Å²) < 4.78 is 18.7. The molecule has 4 rings (SSSR count). The summed E-state index contributed by atoms with van der Waals surface area (Å²) in [7, 11) is 1.69. The third-order valence-electron chi connectivity index (χ3n) is 6.61. The highest BCUT2D eigenvalue weighted by Gasteiger charge is 2.35. The molecule has 0 aliphatic carbocycles. The number of rotatable bonds is 9. The molecule has 0 unspecified atom stereocenters. The first-order chi connectivity index (χ1) is 16.7. The minimum atomic E-state index is -0.231. The SMILES string of the molecule is COc1ccccc1CN[C@H]1CCCN(C(=O)CCCc2ccc(F)cc2)[C@H]1c1ccccc1. The number of piperidine rings is 1. The summed E-state index contributed by atoms with van der Waals surface area (Å²) in [6.07, 6.45) is 3.98. The predicted octanol–water partition coefficient (Wildman–Crippen LogP) is 5.68. The summed E-state index contributed by atoms with van der Waals surface area (Å²) in [5, 5.41) is 3.72. The van der Waals surface area contributed by atoms with Gasteiger partial charge < -0.3 is 15.0 Å². The van der Waals surface area contributed by atoms with Crippen LogP contribution in [0.1, 0.15) is 48.4 Å². The van der Waals surface area contributed by atoms with Crippen molar-refractivity contribution in [1.82, 2.24) is 10.2 Å². The van der Waals surface area contributed by atoms with Crippen molar-refractivity contribution in [1.29, 1.82) is 0 Å². The Balaban J connectivity index is 1.45. The molecule has 1 aliphatic rings. The van der Waals surface area contributed by atoms with E-state index in [2.05, 4.69) is 28.4 Å². The van der Waals surface area contributed by atoms with Crippen LogP contribution in [0.15, 0.2) is 78.9 Å². The normalized spacial score (nSPS) is 18.0. The average molecular weight is 461 g/mol. The zero-order chi connectivity index (χ0) is 23.8. The van der Waals surface area contributed by atoms with Gasteiger partial charge in [0.15, 0.2) is 0 Å². The van der Waals surface area contributed by atoms with E-state index in [9.17, 15) is 9.18 Å². The molecule has 1 heterocycles. The maximum atomic E-state index is 13.4. The van der Waals surface area contributed by atoms with Crippen molar-refractivity contribution in [2.45, 2.75) is 50.7 Å². The number of halogens is 1. The summed E-state index contributed by atoms with van der Waals surface area (Å²) in [6, 6.07) is 25.1. The smallest absolute Gasteiger partial charge is 0.223 e. The van der Waals surface area contributed by atoms with Crippen molar-refractivity contribution in [3.63, 3.8) is 0 Å². The summed E-state index contributed by atoms with van der Waals surface area (Å²) in [5.74, 6) is 0.820. The van der Waals surface area contributed by atoms with Gasteiger partial charge in [0.2, 0.25) is 5.91 Å². The van der Waals surface area contributed by atoms with Crippen LogP contribution in [0.2, 0.25) is 0 Å². The number of likely N-dealkylation sites (tertiary alicyclic amines) is 1. The van der Waals surface area contributed by atoms with E-state index in [1.165, 1.54) is 12.1 Å². The number of nitrogens with one attached hydrogen (secondary N) is 1. The van der Waals surface area contributed by atoms with Gasteiger partial charge >= 0.3 is 0 Å². The molecule has 5 heteroatoms. The van der Waals surface area contributed by atoms with E-state index in [-0.39, 0.29) is 23.8 Å². The highest BCUT2D eigenvalue weighted by molar-refractivity contribution is 5.77. The maximum Gasteiger partial charge on any atom is 0.223 e. The number of carbonyl (C=O) groups is 1. The number of hydrogen-bond donors (Lipinski definition) is 1. The number of carbonyl (C=O) groups excluding carboxylic acids is 1. The first kappa shape index (κ1) is 24.0. The third kappa shape index (κ3) is 6.03. The van der Waals surface area contributed by atoms with Crippen LogP contribution < -0.4 is 10.1 Å². The quantitative estimate of drug-likeness (QED) is 0.447. The van der Waals surface area contributed by atoms with Crippen LogP contribution in [-0.2, 0) is 17.8 Å². The van der Waals surface area contributed by atoms with Gasteiger partial charge in [-0.25, -0.2) is 4.39 Å². The predicted molar refractivity (Wildman–Crippen MR) is 133 cm³/mol. The topological polar surface area (TPSA) is 41.6 Å². The van der Waals surface area contributed by atoms with Gasteiger partial charge in [0.25, 0.3) is 0 Å². The van der Waals surface area contributed by atoms with E-state index in [0.717, 1.165) is 54.7 Å². The fourth-order valence-electron chi connectivity index (χ4n) is 4.88. The maximum absolute atomic E-state index is 13.4. The molecule has 0 aromatic heterocycles. The van der Waals surface area contributed by atoms with Gasteiger partial charge in [-0.05, 0) is 55.0 Å². The number of nitrogens with zero attached hydrogens (tertiary/aromatic N) is 1. The molecule has 178 valence electrons. The van der Waals surface area contributed by atoms with Crippen molar-refractivity contribution in [3.05, 3.63) is 101 Å². The van der Waals surface area contributed by atoms with Crippen molar-refractivity contribution in [2.75, 3.05) is 13.7 Å². The van der Waals surface area contributed by atoms with Crippen LogP contribution in [0.4, 0.5) is 4.39 Å². The molecular weight excluding hydrogens is 427 g/mol. The number of amides is 1. The Bertz CT molecular complexity index is 1060. The lowest BCUT2D eigenvalue weighted by molar-refractivity contribution is -0.136. The van der Waals surface area contributed by atoms with Crippen LogP contribution in [0.25, 0.3) is 0 Å². The summed E-state index contributed by atoms with van der Waals surface area (Å²) >= 11 is 0. The minimum Gasteiger partial charge on any atom is -0.496 e. The number of para-hydroxylation sites is 1. The first-order valence-corrected chi connectivity index (χ1v) is 12.1. The van der Waals surface area contributed by atoms with E-state index in [4.69, 9.17) is 4.74 Å². The molecule has 3 aromatic rings. The fraction of sp³-hybridized carbons (Fsp3) is 0.345. The van der Waals surface area contributed by atoms with Crippen LogP contribution >= 0.6 is 0 Å². The highest BCUT2D eigenvalue weighted by Crippen LogP contribution is 2.33. The second kappa shape index (κ2) is 11.8. The van der Waals surface area contributed by atoms with Gasteiger partial charge in [-0.2, -0.15) is 0 Å². The van der Waals surface area contributed by atoms with E-state index in [1.54, 1.807) is 19.2 Å². The molecule has 2 atom stereocenters. The van der Waals surface area contributed by atoms with Crippen molar-refractivity contribution in [3.8, 4) is 5.75 Å². The molecule has 34 heavy (non-hydrogen) atoms. The lowest BCUT2D eigenvalue weighted by atomic mass is 9.89. The number of ether oxygens (including phenoxy) is 1. The Morgan fingerprint density at radius 1 is 1.03 bits per heavy atom. The van der Waals surface area contributed by atoms with E-state index in [1.807, 2.05) is 36.4 Å². The zero-order valence-corrected chi connectivity index (χ0v) is 19.8. The van der Waals surface area contributed by atoms with Crippen LogP contribution in [-0.4, -0.2) is 30.5 Å². The lowest BCUT2D eigenvalue weighted by Gasteiger charge is -2.42. The number of benzene rings is 3. The zero-order valence-electron chi connectivity index (χ0n) is 19.8. The molecule has 0 saturated carbocycles. The Hall–Kier alpha value is -3.18. The minimum absolute atomic E-state index is 0.0111. The first-order valence-electron chi connectivity index (χ1n) is 12.1. The van der Waals surface area contributed by atoms with Crippen molar-refractivity contribution < 1.29 is 13.9 Å². The van der Waals surface area contributed by atoms with Gasteiger partial charge in [0.1, 0.15) is 11.6 Å². The third-order valence-corrected chi connectivity index (χ3v) is 6.61. The summed E-state index contributed by atoms with van der Waals surface area (Å²) in [4.78, 5) is 15.4. The molecule has 1 saturated heterocycles. The molecule has 1 aliphatic heterocycles. The number of methoxy groups -OCH3 is 1. The molecule has 1 fully saturated rings. The summed E-state index contributed by atoms with van der Waals surface area (Å²) in [6.45, 7) is 1.45. The van der Waals surface area contributed by atoms with Gasteiger partial charge in [-0.1, -0.05) is 60.7 Å². The van der Waals surface area contributed by atoms with Crippen LogP contribution in [0.3, 0.4) is 0 Å². The Morgan fingerprint density at radius 3 is 2.53 bits per heavy atom. The molecule has 3 aromatic carbocycles. The molecule has 4 nitrogen and oxygen atoms in total. The molecule has 0 bridgehead atoms. The Labute approximate surface area is 201 Å². The largest absolute Gasteiger partial charge is 0.496 e. The fourth-order valence-corrected chi connectivity index (χ4v) is 4.88. The molecule has 1 N–H and O–H groups in total. The second-order valence-corrected chi connectivity index (χ2v) is 8.86. The lowest BCUT2D eigenvalue weighted by Crippen LogP contribution is -2.50. The second-order valence-electron chi connectivity index (χ2n) is 8.86. The molecule has 0 spiro atoms. The number of hydrogen-bond acceptors (Lipinski definition) is 3. The van der Waals surface area contributed by atoms with Crippen LogP contribution in [0.5, 0.6) is 5.75 Å². The molecule has 0 radical (unpaired) electrons. The van der Waals surface area contributed by atoms with Gasteiger partial charge in [-0.3, -0.25) is 4.79 Å². The Kier molecular flexibility index (Phi) is 8.31. The monoisotopic (exact) mass is 460 g/mol.